The van der Waals surface area contributed by atoms with E-state index in [1.165, 1.54) is 7.11 Å². The number of carbonyl (C=O) groups excluding carboxylic acids is 2. The van der Waals surface area contributed by atoms with Crippen molar-refractivity contribution >= 4 is 23.4 Å². The van der Waals surface area contributed by atoms with Gasteiger partial charge in [-0.2, -0.15) is 0 Å². The van der Waals surface area contributed by atoms with Crippen molar-refractivity contribution in [3.05, 3.63) is 118 Å². The molecule has 0 fully saturated rings. The summed E-state index contributed by atoms with van der Waals surface area (Å²) < 4.78 is 5.17. The average Bonchev–Trinajstić information content (AvgIpc) is 3.21. The maximum atomic E-state index is 13.5. The zero-order valence-corrected chi connectivity index (χ0v) is 18.0. The van der Waals surface area contributed by atoms with Crippen LogP contribution in [0.25, 0.3) is 0 Å². The van der Waals surface area contributed by atoms with Crippen LogP contribution in [0.4, 0.5) is 0 Å². The lowest BCUT2D eigenvalue weighted by atomic mass is 9.89. The monoisotopic (exact) mass is 431 g/mol. The van der Waals surface area contributed by atoms with Crippen molar-refractivity contribution in [2.45, 2.75) is 18.5 Å². The molecule has 0 amide bonds. The summed E-state index contributed by atoms with van der Waals surface area (Å²) in [4.78, 5) is 26.6. The molecule has 0 spiro atoms. The van der Waals surface area contributed by atoms with E-state index in [0.29, 0.717) is 21.7 Å². The Hall–Kier alpha value is -3.21. The third kappa shape index (κ3) is 3.80. The highest BCUT2D eigenvalue weighted by Crippen LogP contribution is 2.42. The first-order valence-electron chi connectivity index (χ1n) is 9.96. The quantitative estimate of drug-likeness (QED) is 0.447. The fourth-order valence-electron chi connectivity index (χ4n) is 3.96. The molecule has 0 unspecified atom stereocenters. The molecular formula is C26H22ClNO3. The number of hydrogen-bond acceptors (Lipinski definition) is 4. The molecule has 0 bridgehead atoms. The van der Waals surface area contributed by atoms with Crippen LogP contribution in [0.1, 0.15) is 33.1 Å². The van der Waals surface area contributed by atoms with E-state index in [1.54, 1.807) is 42.5 Å². The maximum Gasteiger partial charge on any atom is 0.334 e. The second-order valence-corrected chi connectivity index (χ2v) is 7.97. The van der Waals surface area contributed by atoms with Gasteiger partial charge in [0.05, 0.1) is 13.2 Å². The standard InChI is InChI=1S/C26H22ClNO3/c1-17-12-14-18(15-13-17)23-20(24(29)19-8-4-3-5-9-19)16-26(28-23,25(30)31-2)21-10-6-7-11-22(21)27/h3-16,23,28H,1-2H3/t23-,26-/m0/s1. The first-order chi connectivity index (χ1) is 15.0. The molecule has 1 heterocycles. The lowest BCUT2D eigenvalue weighted by Crippen LogP contribution is -2.46. The van der Waals surface area contributed by atoms with Crippen molar-refractivity contribution in [2.24, 2.45) is 0 Å². The number of ketones is 1. The number of halogens is 1. The number of aryl methyl sites for hydroxylation is 1. The predicted octanol–water partition coefficient (Wildman–Crippen LogP) is 5.17. The molecule has 4 nitrogen and oxygen atoms in total. The van der Waals surface area contributed by atoms with Crippen LogP contribution in [0.3, 0.4) is 0 Å². The number of methoxy groups -OCH3 is 1. The molecule has 0 saturated carbocycles. The van der Waals surface area contributed by atoms with Crippen LogP contribution in [0.2, 0.25) is 5.02 Å². The summed E-state index contributed by atoms with van der Waals surface area (Å²) in [5.74, 6) is -0.690. The zero-order chi connectivity index (χ0) is 22.0. The number of ether oxygens (including phenoxy) is 1. The minimum Gasteiger partial charge on any atom is -0.467 e. The minimum absolute atomic E-state index is 0.156. The molecule has 0 aromatic heterocycles. The Bertz CT molecular complexity index is 1150. The smallest absolute Gasteiger partial charge is 0.334 e. The normalized spacial score (nSPS) is 20.2. The number of nitrogens with one attached hydrogen (secondary N) is 1. The van der Waals surface area contributed by atoms with Gasteiger partial charge in [-0.05, 0) is 24.6 Å². The number of carbonyl (C=O) groups is 2. The van der Waals surface area contributed by atoms with E-state index in [4.69, 9.17) is 16.3 Å². The fourth-order valence-corrected chi connectivity index (χ4v) is 4.25. The number of benzene rings is 3. The molecule has 5 heteroatoms. The number of Topliss-reactive ketones (excluding diaryl/α,β-unsaturated/α-hetero) is 1. The zero-order valence-electron chi connectivity index (χ0n) is 17.3. The number of hydrogen-bond donors (Lipinski definition) is 1. The summed E-state index contributed by atoms with van der Waals surface area (Å²) in [5.41, 5.74) is 2.15. The molecule has 1 aliphatic heterocycles. The van der Waals surface area contributed by atoms with E-state index in [2.05, 4.69) is 5.32 Å². The Morgan fingerprint density at radius 3 is 2.23 bits per heavy atom. The van der Waals surface area contributed by atoms with Gasteiger partial charge in [-0.15, -0.1) is 0 Å². The molecule has 1 aliphatic rings. The third-order valence-corrected chi connectivity index (χ3v) is 5.90. The van der Waals surface area contributed by atoms with E-state index in [1.807, 2.05) is 49.4 Å². The first-order valence-corrected chi connectivity index (χ1v) is 10.3. The maximum absolute atomic E-state index is 13.5. The second-order valence-electron chi connectivity index (χ2n) is 7.56. The molecule has 2 atom stereocenters. The summed E-state index contributed by atoms with van der Waals surface area (Å²) in [6, 6.07) is 23.5. The lowest BCUT2D eigenvalue weighted by Gasteiger charge is -2.29. The topological polar surface area (TPSA) is 55.4 Å². The molecule has 0 aliphatic carbocycles. The summed E-state index contributed by atoms with van der Waals surface area (Å²) in [7, 11) is 1.33. The Morgan fingerprint density at radius 1 is 0.935 bits per heavy atom. The fraction of sp³-hybridized carbons (Fsp3) is 0.154. The van der Waals surface area contributed by atoms with Gasteiger partial charge in [0, 0.05) is 21.7 Å². The molecule has 1 N–H and O–H groups in total. The van der Waals surface area contributed by atoms with Gasteiger partial charge in [0.15, 0.2) is 11.3 Å². The molecule has 4 rings (SSSR count). The van der Waals surface area contributed by atoms with E-state index in [-0.39, 0.29) is 5.78 Å². The molecule has 31 heavy (non-hydrogen) atoms. The first kappa shape index (κ1) is 21.0. The molecule has 3 aromatic carbocycles. The highest BCUT2D eigenvalue weighted by Gasteiger charge is 2.49. The van der Waals surface area contributed by atoms with E-state index < -0.39 is 17.6 Å². The summed E-state index contributed by atoms with van der Waals surface area (Å²) in [6.45, 7) is 2.00. The molecule has 156 valence electrons. The molecule has 0 radical (unpaired) electrons. The van der Waals surface area contributed by atoms with Crippen LogP contribution in [-0.2, 0) is 15.1 Å². The molecular weight excluding hydrogens is 410 g/mol. The highest BCUT2D eigenvalue weighted by molar-refractivity contribution is 6.31. The van der Waals surface area contributed by atoms with Gasteiger partial charge < -0.3 is 4.74 Å². The van der Waals surface area contributed by atoms with E-state index in [0.717, 1.165) is 11.1 Å². The minimum atomic E-state index is -1.39. The van der Waals surface area contributed by atoms with Gasteiger partial charge in [0.1, 0.15) is 0 Å². The Kier molecular flexibility index (Phi) is 5.77. The predicted molar refractivity (Wildman–Crippen MR) is 121 cm³/mol. The lowest BCUT2D eigenvalue weighted by molar-refractivity contribution is -0.146. The van der Waals surface area contributed by atoms with Crippen molar-refractivity contribution in [2.75, 3.05) is 7.11 Å². The van der Waals surface area contributed by atoms with Crippen molar-refractivity contribution in [1.29, 1.82) is 0 Å². The largest absolute Gasteiger partial charge is 0.467 e. The van der Waals surface area contributed by atoms with Crippen LogP contribution in [0.5, 0.6) is 0 Å². The molecule has 3 aromatic rings. The van der Waals surface area contributed by atoms with Crippen LogP contribution in [0, 0.1) is 6.92 Å². The highest BCUT2D eigenvalue weighted by atomic mass is 35.5. The summed E-state index contributed by atoms with van der Waals surface area (Å²) in [5, 5.41) is 3.79. The van der Waals surface area contributed by atoms with Gasteiger partial charge in [0.2, 0.25) is 0 Å². The van der Waals surface area contributed by atoms with Crippen molar-refractivity contribution in [3.8, 4) is 0 Å². The summed E-state index contributed by atoms with van der Waals surface area (Å²) >= 11 is 6.49. The van der Waals surface area contributed by atoms with Gasteiger partial charge in [-0.25, -0.2) is 4.79 Å². The Morgan fingerprint density at radius 2 is 1.58 bits per heavy atom. The Balaban J connectivity index is 1.92. The van der Waals surface area contributed by atoms with Gasteiger partial charge >= 0.3 is 5.97 Å². The van der Waals surface area contributed by atoms with E-state index in [9.17, 15) is 9.59 Å². The number of esters is 1. The SMILES string of the molecule is COC(=O)[C@@]1(c2ccccc2Cl)C=C(C(=O)c2ccccc2)[C@H](c2ccc(C)cc2)N1. The Labute approximate surface area is 186 Å². The van der Waals surface area contributed by atoms with Crippen LogP contribution in [0.15, 0.2) is 90.5 Å². The van der Waals surface area contributed by atoms with Crippen LogP contribution >= 0.6 is 11.6 Å². The van der Waals surface area contributed by atoms with Crippen molar-refractivity contribution in [1.82, 2.24) is 5.32 Å². The van der Waals surface area contributed by atoms with Gasteiger partial charge in [-0.3, -0.25) is 10.1 Å². The second kappa shape index (κ2) is 8.50. The van der Waals surface area contributed by atoms with Crippen molar-refractivity contribution in [3.63, 3.8) is 0 Å². The number of rotatable bonds is 5. The van der Waals surface area contributed by atoms with Crippen LogP contribution in [-0.4, -0.2) is 18.9 Å². The summed E-state index contributed by atoms with van der Waals surface area (Å²) in [6.07, 6.45) is 1.67. The third-order valence-electron chi connectivity index (χ3n) is 5.57. The van der Waals surface area contributed by atoms with Gasteiger partial charge in [-0.1, -0.05) is 90.0 Å². The molecule has 0 saturated heterocycles. The van der Waals surface area contributed by atoms with Gasteiger partial charge in [0.25, 0.3) is 0 Å². The average molecular weight is 432 g/mol. The van der Waals surface area contributed by atoms with Crippen LogP contribution < -0.4 is 5.32 Å². The van der Waals surface area contributed by atoms with Crippen molar-refractivity contribution < 1.29 is 14.3 Å². The van der Waals surface area contributed by atoms with E-state index >= 15 is 0 Å².